The van der Waals surface area contributed by atoms with Gasteiger partial charge in [0.05, 0.1) is 6.61 Å². The van der Waals surface area contributed by atoms with Crippen LogP contribution in [0, 0.1) is 5.92 Å². The maximum absolute atomic E-state index is 5.94. The zero-order valence-corrected chi connectivity index (χ0v) is 12.8. The first kappa shape index (κ1) is 16.2. The van der Waals surface area contributed by atoms with Gasteiger partial charge in [-0.1, -0.05) is 6.92 Å². The molecule has 2 aliphatic heterocycles. The molecule has 4 nitrogen and oxygen atoms in total. The summed E-state index contributed by atoms with van der Waals surface area (Å²) in [5, 5.41) is 3.53. The Morgan fingerprint density at radius 1 is 1.28 bits per heavy atom. The third-order valence-electron chi connectivity index (χ3n) is 4.01. The second-order valence-electron chi connectivity index (χ2n) is 5.92. The lowest BCUT2D eigenvalue weighted by molar-refractivity contribution is -0.109. The van der Waals surface area contributed by atoms with Crippen LogP contribution in [0.2, 0.25) is 0 Å². The standard InChI is InChI=1S/C13H27N3O.ClH/c1-12-10-14-13(2,17-11-12)4-5-16-8-6-15(3)7-9-16;/h12,14H,4-11H2,1-3H3;1H. The van der Waals surface area contributed by atoms with Crippen molar-refractivity contribution in [3.63, 3.8) is 0 Å². The van der Waals surface area contributed by atoms with Crippen LogP contribution in [-0.4, -0.2) is 68.4 Å². The van der Waals surface area contributed by atoms with Crippen molar-refractivity contribution in [1.82, 2.24) is 15.1 Å². The second kappa shape index (κ2) is 7.06. The van der Waals surface area contributed by atoms with Gasteiger partial charge in [-0.25, -0.2) is 0 Å². The van der Waals surface area contributed by atoms with Crippen molar-refractivity contribution in [2.24, 2.45) is 5.92 Å². The molecule has 2 atom stereocenters. The number of rotatable bonds is 3. The summed E-state index contributed by atoms with van der Waals surface area (Å²) in [5.41, 5.74) is -0.101. The predicted octanol–water partition coefficient (Wildman–Crippen LogP) is 1.02. The highest BCUT2D eigenvalue weighted by atomic mass is 35.5. The van der Waals surface area contributed by atoms with Gasteiger partial charge in [0, 0.05) is 45.7 Å². The summed E-state index contributed by atoms with van der Waals surface area (Å²) in [6.45, 7) is 12.3. The van der Waals surface area contributed by atoms with Gasteiger partial charge in [-0.15, -0.1) is 12.4 Å². The van der Waals surface area contributed by atoms with Crippen LogP contribution in [0.15, 0.2) is 0 Å². The molecule has 0 amide bonds. The minimum atomic E-state index is -0.101. The van der Waals surface area contributed by atoms with Gasteiger partial charge in [0.15, 0.2) is 0 Å². The van der Waals surface area contributed by atoms with Gasteiger partial charge in [-0.05, 0) is 19.9 Å². The van der Waals surface area contributed by atoms with Crippen LogP contribution < -0.4 is 5.32 Å². The lowest BCUT2D eigenvalue weighted by Crippen LogP contribution is -2.54. The Hall–Kier alpha value is 0.130. The van der Waals surface area contributed by atoms with E-state index in [0.29, 0.717) is 5.92 Å². The molecule has 2 aliphatic rings. The lowest BCUT2D eigenvalue weighted by Gasteiger charge is -2.40. The van der Waals surface area contributed by atoms with E-state index in [2.05, 4.69) is 36.0 Å². The van der Waals surface area contributed by atoms with Crippen LogP contribution in [0.5, 0.6) is 0 Å². The molecule has 1 N–H and O–H groups in total. The van der Waals surface area contributed by atoms with Crippen molar-refractivity contribution in [2.45, 2.75) is 26.0 Å². The Balaban J connectivity index is 0.00000162. The molecule has 0 spiro atoms. The normalized spacial score (nSPS) is 35.2. The van der Waals surface area contributed by atoms with E-state index in [9.17, 15) is 0 Å². The van der Waals surface area contributed by atoms with Gasteiger partial charge in [0.1, 0.15) is 5.72 Å². The van der Waals surface area contributed by atoms with Gasteiger partial charge in [0.25, 0.3) is 0 Å². The molecule has 0 aromatic carbocycles. The molecular weight excluding hydrogens is 250 g/mol. The van der Waals surface area contributed by atoms with Crippen molar-refractivity contribution < 1.29 is 4.74 Å². The molecule has 2 unspecified atom stereocenters. The van der Waals surface area contributed by atoms with Crippen molar-refractivity contribution in [1.29, 1.82) is 0 Å². The van der Waals surface area contributed by atoms with E-state index in [1.807, 2.05) is 0 Å². The molecule has 0 saturated carbocycles. The van der Waals surface area contributed by atoms with Gasteiger partial charge in [0.2, 0.25) is 0 Å². The number of hydrogen-bond acceptors (Lipinski definition) is 4. The van der Waals surface area contributed by atoms with Crippen molar-refractivity contribution in [3.8, 4) is 0 Å². The highest BCUT2D eigenvalue weighted by molar-refractivity contribution is 5.85. The maximum Gasteiger partial charge on any atom is 0.117 e. The molecule has 5 heteroatoms. The number of ether oxygens (including phenoxy) is 1. The molecule has 2 rings (SSSR count). The van der Waals surface area contributed by atoms with Crippen molar-refractivity contribution in [2.75, 3.05) is 52.9 Å². The summed E-state index contributed by atoms with van der Waals surface area (Å²) in [6.07, 6.45) is 1.09. The summed E-state index contributed by atoms with van der Waals surface area (Å²) in [5.74, 6) is 0.645. The quantitative estimate of drug-likeness (QED) is 0.834. The third-order valence-corrected chi connectivity index (χ3v) is 4.01. The highest BCUT2D eigenvalue weighted by Crippen LogP contribution is 2.19. The molecule has 0 radical (unpaired) electrons. The van der Waals surface area contributed by atoms with Crippen LogP contribution in [0.4, 0.5) is 0 Å². The SMILES string of the molecule is CC1CNC(C)(CCN2CCN(C)CC2)OC1.Cl. The molecule has 0 aliphatic carbocycles. The molecule has 108 valence electrons. The number of hydrogen-bond donors (Lipinski definition) is 1. The van der Waals surface area contributed by atoms with Crippen molar-refractivity contribution >= 4 is 12.4 Å². The Morgan fingerprint density at radius 3 is 2.50 bits per heavy atom. The topological polar surface area (TPSA) is 27.7 Å². The lowest BCUT2D eigenvalue weighted by atomic mass is 10.1. The van der Waals surface area contributed by atoms with E-state index >= 15 is 0 Å². The van der Waals surface area contributed by atoms with Crippen molar-refractivity contribution in [3.05, 3.63) is 0 Å². The number of nitrogens with one attached hydrogen (secondary N) is 1. The first-order valence-electron chi connectivity index (χ1n) is 6.87. The summed E-state index contributed by atoms with van der Waals surface area (Å²) in [6, 6.07) is 0. The largest absolute Gasteiger partial charge is 0.361 e. The van der Waals surface area contributed by atoms with Crippen LogP contribution in [-0.2, 0) is 4.74 Å². The average Bonchev–Trinajstić information content (AvgIpc) is 2.33. The fourth-order valence-corrected chi connectivity index (χ4v) is 2.43. The minimum Gasteiger partial charge on any atom is -0.361 e. The maximum atomic E-state index is 5.94. The van der Waals surface area contributed by atoms with E-state index in [1.165, 1.54) is 26.2 Å². The Morgan fingerprint density at radius 2 is 1.94 bits per heavy atom. The van der Waals surface area contributed by atoms with E-state index in [1.54, 1.807) is 0 Å². The summed E-state index contributed by atoms with van der Waals surface area (Å²) in [4.78, 5) is 4.95. The Bertz CT molecular complexity index is 236. The Labute approximate surface area is 117 Å². The van der Waals surface area contributed by atoms with Gasteiger partial charge >= 0.3 is 0 Å². The van der Waals surface area contributed by atoms with Crippen LogP contribution >= 0.6 is 12.4 Å². The van der Waals surface area contributed by atoms with E-state index < -0.39 is 0 Å². The molecular formula is C13H28ClN3O. The van der Waals surface area contributed by atoms with Gasteiger partial charge in [-0.2, -0.15) is 0 Å². The van der Waals surface area contributed by atoms with Crippen LogP contribution in [0.1, 0.15) is 20.3 Å². The zero-order chi connectivity index (χ0) is 12.3. The molecule has 2 fully saturated rings. The highest BCUT2D eigenvalue weighted by Gasteiger charge is 2.30. The first-order valence-corrected chi connectivity index (χ1v) is 6.87. The smallest absolute Gasteiger partial charge is 0.117 e. The first-order chi connectivity index (χ1) is 8.07. The molecule has 0 bridgehead atoms. The Kier molecular flexibility index (Phi) is 6.35. The molecule has 0 aromatic rings. The van der Waals surface area contributed by atoms with Crippen LogP contribution in [0.3, 0.4) is 0 Å². The minimum absolute atomic E-state index is 0. The summed E-state index contributed by atoms with van der Waals surface area (Å²) < 4.78 is 5.94. The fraction of sp³-hybridized carbons (Fsp3) is 1.00. The van der Waals surface area contributed by atoms with E-state index in [4.69, 9.17) is 4.74 Å². The predicted molar refractivity (Wildman–Crippen MR) is 77.3 cm³/mol. The van der Waals surface area contributed by atoms with Gasteiger partial charge in [-0.3, -0.25) is 5.32 Å². The summed E-state index contributed by atoms with van der Waals surface area (Å²) >= 11 is 0. The fourth-order valence-electron chi connectivity index (χ4n) is 2.43. The molecule has 18 heavy (non-hydrogen) atoms. The van der Waals surface area contributed by atoms with E-state index in [-0.39, 0.29) is 18.1 Å². The number of halogens is 1. The third kappa shape index (κ3) is 4.67. The zero-order valence-electron chi connectivity index (χ0n) is 11.9. The summed E-state index contributed by atoms with van der Waals surface area (Å²) in [7, 11) is 2.20. The number of likely N-dealkylation sites (N-methyl/N-ethyl adjacent to an activating group) is 1. The molecule has 2 heterocycles. The molecule has 0 aromatic heterocycles. The van der Waals surface area contributed by atoms with E-state index in [0.717, 1.165) is 26.1 Å². The molecule has 2 saturated heterocycles. The number of piperazine rings is 1. The monoisotopic (exact) mass is 277 g/mol. The average molecular weight is 278 g/mol. The number of nitrogens with zero attached hydrogens (tertiary/aromatic N) is 2. The van der Waals surface area contributed by atoms with Gasteiger partial charge < -0.3 is 14.5 Å². The van der Waals surface area contributed by atoms with Crippen LogP contribution in [0.25, 0.3) is 0 Å². The second-order valence-corrected chi connectivity index (χ2v) is 5.92.